The highest BCUT2D eigenvalue weighted by molar-refractivity contribution is 9.10. The van der Waals surface area contributed by atoms with Crippen molar-refractivity contribution >= 4 is 35.7 Å². The van der Waals surface area contributed by atoms with Crippen LogP contribution in [-0.2, 0) is 9.05 Å². The Bertz CT molecular complexity index is 552. The molecule has 0 bridgehead atoms. The van der Waals surface area contributed by atoms with Crippen molar-refractivity contribution in [1.29, 1.82) is 0 Å². The lowest BCUT2D eigenvalue weighted by Crippen LogP contribution is -2.02. The molecule has 3 nitrogen and oxygen atoms in total. The Morgan fingerprint density at radius 3 is 2.45 bits per heavy atom. The molecule has 0 N–H and O–H groups in total. The summed E-state index contributed by atoms with van der Waals surface area (Å²) in [5.74, 6) is -2.18. The van der Waals surface area contributed by atoms with Crippen LogP contribution in [0.4, 0.5) is 8.78 Å². The lowest BCUT2D eigenvalue weighted by atomic mass is 10.2. The fourth-order valence-corrected chi connectivity index (χ4v) is 2.83. The average Bonchev–Trinajstić information content (AvgIpc) is 2.32. The van der Waals surface area contributed by atoms with Crippen molar-refractivity contribution in [3.05, 3.63) is 28.2 Å². The van der Waals surface area contributed by atoms with E-state index in [1.807, 2.05) is 0 Å². The summed E-state index contributed by atoms with van der Waals surface area (Å²) in [5, 5.41) is 0. The van der Waals surface area contributed by atoms with Crippen molar-refractivity contribution in [2.75, 3.05) is 12.4 Å². The molecule has 0 saturated carbocycles. The van der Waals surface area contributed by atoms with E-state index >= 15 is 0 Å². The van der Waals surface area contributed by atoms with E-state index < -0.39 is 20.7 Å². The summed E-state index contributed by atoms with van der Waals surface area (Å²) >= 11 is 3.05. The molecule has 1 aromatic carbocycles. The predicted octanol–water partition coefficient (Wildman–Crippen LogP) is 4.24. The predicted molar refractivity (Wildman–Crippen MR) is 77.7 cm³/mol. The zero-order valence-electron chi connectivity index (χ0n) is 10.5. The molecule has 20 heavy (non-hydrogen) atoms. The summed E-state index contributed by atoms with van der Waals surface area (Å²) in [6.45, 7) is 0.237. The minimum Gasteiger partial charge on any atom is -0.490 e. The van der Waals surface area contributed by atoms with Gasteiger partial charge in [-0.05, 0) is 25.0 Å². The fourth-order valence-electron chi connectivity index (χ4n) is 1.55. The third-order valence-electron chi connectivity index (χ3n) is 2.50. The maximum absolute atomic E-state index is 13.3. The minimum absolute atomic E-state index is 0.0547. The van der Waals surface area contributed by atoms with Crippen LogP contribution in [0.5, 0.6) is 5.75 Å². The average molecular weight is 392 g/mol. The quantitative estimate of drug-likeness (QED) is 0.378. The van der Waals surface area contributed by atoms with Gasteiger partial charge < -0.3 is 4.74 Å². The standard InChI is InChI=1S/C12H14BrClF2O3S/c13-9-7-10(15)12(16)11(8-9)19-5-3-1-2-4-6-20(14,17)18/h7-8H,1-6H2. The molecule has 0 radical (unpaired) electrons. The molecule has 0 atom stereocenters. The van der Waals surface area contributed by atoms with Gasteiger partial charge in [0.1, 0.15) is 0 Å². The van der Waals surface area contributed by atoms with E-state index in [1.54, 1.807) is 0 Å². The smallest absolute Gasteiger partial charge is 0.232 e. The van der Waals surface area contributed by atoms with E-state index in [4.69, 9.17) is 15.4 Å². The van der Waals surface area contributed by atoms with Crippen LogP contribution >= 0.6 is 26.6 Å². The minimum atomic E-state index is -3.43. The molecule has 0 spiro atoms. The van der Waals surface area contributed by atoms with Gasteiger partial charge in [-0.15, -0.1) is 0 Å². The fraction of sp³-hybridized carbons (Fsp3) is 0.500. The highest BCUT2D eigenvalue weighted by atomic mass is 79.9. The van der Waals surface area contributed by atoms with E-state index in [0.717, 1.165) is 12.5 Å². The molecule has 1 aromatic rings. The summed E-state index contributed by atoms with van der Waals surface area (Å²) in [6.07, 6.45) is 2.51. The van der Waals surface area contributed by atoms with Gasteiger partial charge in [0, 0.05) is 15.2 Å². The number of ether oxygens (including phenoxy) is 1. The Balaban J connectivity index is 2.25. The molecule has 0 saturated heterocycles. The summed E-state index contributed by atoms with van der Waals surface area (Å²) in [6, 6.07) is 2.38. The summed E-state index contributed by atoms with van der Waals surface area (Å²) < 4.78 is 53.3. The van der Waals surface area contributed by atoms with Crippen LogP contribution < -0.4 is 4.74 Å². The molecule has 0 amide bonds. The molecular weight excluding hydrogens is 378 g/mol. The van der Waals surface area contributed by atoms with Crippen LogP contribution in [0.25, 0.3) is 0 Å². The molecule has 0 heterocycles. The van der Waals surface area contributed by atoms with Crippen LogP contribution in [0.2, 0.25) is 0 Å². The Hall–Kier alpha value is -0.400. The normalized spacial score (nSPS) is 11.6. The van der Waals surface area contributed by atoms with Gasteiger partial charge in [0.25, 0.3) is 0 Å². The molecule has 0 aliphatic rings. The molecule has 0 aliphatic heterocycles. The van der Waals surface area contributed by atoms with Crippen LogP contribution in [0.15, 0.2) is 16.6 Å². The van der Waals surface area contributed by atoms with E-state index in [0.29, 0.717) is 23.7 Å². The number of benzene rings is 1. The topological polar surface area (TPSA) is 43.4 Å². The number of rotatable bonds is 8. The highest BCUT2D eigenvalue weighted by Gasteiger charge is 2.11. The van der Waals surface area contributed by atoms with Gasteiger partial charge in [-0.3, -0.25) is 0 Å². The van der Waals surface area contributed by atoms with Crippen molar-refractivity contribution in [3.8, 4) is 5.75 Å². The Morgan fingerprint density at radius 2 is 1.80 bits per heavy atom. The number of halogens is 4. The van der Waals surface area contributed by atoms with E-state index in [2.05, 4.69) is 15.9 Å². The first kappa shape index (κ1) is 17.7. The third kappa shape index (κ3) is 6.85. The van der Waals surface area contributed by atoms with Gasteiger partial charge in [0.2, 0.25) is 14.9 Å². The van der Waals surface area contributed by atoms with Gasteiger partial charge in [-0.25, -0.2) is 12.8 Å². The highest BCUT2D eigenvalue weighted by Crippen LogP contribution is 2.25. The summed E-state index contributed by atoms with van der Waals surface area (Å²) in [4.78, 5) is 0. The molecule has 0 aliphatic carbocycles. The van der Waals surface area contributed by atoms with E-state index in [1.165, 1.54) is 6.07 Å². The molecule has 0 fully saturated rings. The number of unbranched alkanes of at least 4 members (excludes halogenated alkanes) is 3. The first-order valence-corrected chi connectivity index (χ1v) is 9.26. The van der Waals surface area contributed by atoms with Crippen LogP contribution in [0.3, 0.4) is 0 Å². The molecule has 114 valence electrons. The van der Waals surface area contributed by atoms with Crippen molar-refractivity contribution in [1.82, 2.24) is 0 Å². The number of hydrogen-bond donors (Lipinski definition) is 0. The third-order valence-corrected chi connectivity index (χ3v) is 4.20. The van der Waals surface area contributed by atoms with Crippen LogP contribution in [0.1, 0.15) is 25.7 Å². The SMILES string of the molecule is O=S(=O)(Cl)CCCCCCOc1cc(Br)cc(F)c1F. The van der Waals surface area contributed by atoms with Gasteiger partial charge in [0.05, 0.1) is 12.4 Å². The lowest BCUT2D eigenvalue weighted by Gasteiger charge is -2.08. The first-order chi connectivity index (χ1) is 9.29. The van der Waals surface area contributed by atoms with E-state index in [-0.39, 0.29) is 18.1 Å². The van der Waals surface area contributed by atoms with Crippen molar-refractivity contribution in [3.63, 3.8) is 0 Å². The van der Waals surface area contributed by atoms with Crippen LogP contribution in [0, 0.1) is 11.6 Å². The van der Waals surface area contributed by atoms with Gasteiger partial charge >= 0.3 is 0 Å². The zero-order chi connectivity index (χ0) is 15.2. The number of hydrogen-bond acceptors (Lipinski definition) is 3. The molecule has 1 rings (SSSR count). The maximum Gasteiger partial charge on any atom is 0.232 e. The van der Waals surface area contributed by atoms with Gasteiger partial charge in [-0.1, -0.05) is 28.8 Å². The molecule has 0 unspecified atom stereocenters. The first-order valence-electron chi connectivity index (χ1n) is 5.99. The molecular formula is C12H14BrClF2O3S. The van der Waals surface area contributed by atoms with E-state index in [9.17, 15) is 17.2 Å². The second kappa shape index (κ2) is 8.14. The van der Waals surface area contributed by atoms with Gasteiger partial charge in [0.15, 0.2) is 11.6 Å². The largest absolute Gasteiger partial charge is 0.490 e. The van der Waals surface area contributed by atoms with Crippen molar-refractivity contribution in [2.45, 2.75) is 25.7 Å². The van der Waals surface area contributed by atoms with Crippen LogP contribution in [-0.4, -0.2) is 20.8 Å². The second-order valence-electron chi connectivity index (χ2n) is 4.21. The zero-order valence-corrected chi connectivity index (χ0v) is 13.7. The lowest BCUT2D eigenvalue weighted by molar-refractivity contribution is 0.285. The summed E-state index contributed by atoms with van der Waals surface area (Å²) in [5.41, 5.74) is 0. The van der Waals surface area contributed by atoms with Gasteiger partial charge in [-0.2, -0.15) is 4.39 Å². The second-order valence-corrected chi connectivity index (χ2v) is 8.02. The van der Waals surface area contributed by atoms with Crippen molar-refractivity contribution < 1.29 is 21.9 Å². The molecule has 8 heteroatoms. The maximum atomic E-state index is 13.3. The monoisotopic (exact) mass is 390 g/mol. The molecule has 0 aromatic heterocycles. The Labute approximate surface area is 129 Å². The Kier molecular flexibility index (Phi) is 7.19. The summed E-state index contributed by atoms with van der Waals surface area (Å²) in [7, 11) is 1.64. The Morgan fingerprint density at radius 1 is 1.15 bits per heavy atom. The van der Waals surface area contributed by atoms with Crippen molar-refractivity contribution in [2.24, 2.45) is 0 Å².